The third-order valence-electron chi connectivity index (χ3n) is 6.19. The Bertz CT molecular complexity index is 744. The number of carbonyl (C=O) groups excluding carboxylic acids is 1. The summed E-state index contributed by atoms with van der Waals surface area (Å²) in [6.45, 7) is 0. The number of carboxylic acids is 1. The average Bonchev–Trinajstić information content (AvgIpc) is 2.69. The molecule has 4 nitrogen and oxygen atoms in total. The number of hydrogen-bond acceptors (Lipinski definition) is 4. The van der Waals surface area contributed by atoms with Crippen molar-refractivity contribution < 1.29 is 61.3 Å². The second-order valence-corrected chi connectivity index (χ2v) is 8.20. The SMILES string of the molecule is CN(C)C1(c2ccccc2)CCC(N[C@H](CC(=O)[O-])Cc2ccccc2)CC1.[K+]. The number of aliphatic carboxylic acids is 1. The molecule has 1 aliphatic carbocycles. The fourth-order valence-corrected chi connectivity index (χ4v) is 4.63. The molecule has 0 aromatic heterocycles. The third kappa shape index (κ3) is 6.72. The Morgan fingerprint density at radius 1 is 1.07 bits per heavy atom. The van der Waals surface area contributed by atoms with Gasteiger partial charge in [-0.2, -0.15) is 0 Å². The molecule has 1 N–H and O–H groups in total. The number of nitrogens with one attached hydrogen (secondary N) is 1. The van der Waals surface area contributed by atoms with Gasteiger partial charge in [-0.15, -0.1) is 0 Å². The molecule has 1 atom stereocenters. The Labute approximate surface area is 217 Å². The Morgan fingerprint density at radius 2 is 1.62 bits per heavy atom. The van der Waals surface area contributed by atoms with Gasteiger partial charge in [0.1, 0.15) is 0 Å². The van der Waals surface area contributed by atoms with Crippen LogP contribution in [0.15, 0.2) is 60.7 Å². The van der Waals surface area contributed by atoms with Crippen LogP contribution in [0.5, 0.6) is 0 Å². The first-order valence-corrected chi connectivity index (χ1v) is 10.2. The Morgan fingerprint density at radius 3 is 2.14 bits per heavy atom. The van der Waals surface area contributed by atoms with Crippen LogP contribution in [0.1, 0.15) is 43.2 Å². The van der Waals surface area contributed by atoms with Gasteiger partial charge in [-0.3, -0.25) is 4.90 Å². The molecule has 2 aromatic rings. The zero-order valence-corrected chi connectivity index (χ0v) is 21.1. The number of carboxylic acid groups (broad SMARTS) is 1. The zero-order valence-electron chi connectivity index (χ0n) is 17.9. The molecule has 1 saturated carbocycles. The maximum Gasteiger partial charge on any atom is 1.00 e. The smallest absolute Gasteiger partial charge is 0.550 e. The quantitative estimate of drug-likeness (QED) is 0.600. The zero-order chi connectivity index (χ0) is 20.0. The van der Waals surface area contributed by atoms with Crippen molar-refractivity contribution in [3.8, 4) is 0 Å². The monoisotopic (exact) mass is 418 g/mol. The summed E-state index contributed by atoms with van der Waals surface area (Å²) in [6.07, 6.45) is 4.94. The maximum atomic E-state index is 11.3. The van der Waals surface area contributed by atoms with Crippen LogP contribution >= 0.6 is 0 Å². The van der Waals surface area contributed by atoms with Crippen LogP contribution in [-0.2, 0) is 16.8 Å². The molecule has 1 fully saturated rings. The molecule has 0 radical (unpaired) electrons. The van der Waals surface area contributed by atoms with Crippen molar-refractivity contribution in [2.75, 3.05) is 14.1 Å². The summed E-state index contributed by atoms with van der Waals surface area (Å²) >= 11 is 0. The molecular weight excluding hydrogens is 387 g/mol. The van der Waals surface area contributed by atoms with Gasteiger partial charge in [0.2, 0.25) is 0 Å². The van der Waals surface area contributed by atoms with E-state index >= 15 is 0 Å². The van der Waals surface area contributed by atoms with Crippen molar-refractivity contribution in [1.82, 2.24) is 10.2 Å². The first-order chi connectivity index (χ1) is 13.5. The maximum absolute atomic E-state index is 11.3. The molecule has 5 heteroatoms. The average molecular weight is 419 g/mol. The van der Waals surface area contributed by atoms with Gasteiger partial charge in [0.05, 0.1) is 0 Å². The molecule has 0 bridgehead atoms. The molecular formula is C24H31KN2O2. The minimum atomic E-state index is -0.990. The van der Waals surface area contributed by atoms with E-state index in [0.29, 0.717) is 12.5 Å². The Kier molecular flexibility index (Phi) is 10.0. The van der Waals surface area contributed by atoms with Gasteiger partial charge >= 0.3 is 51.4 Å². The fourth-order valence-electron chi connectivity index (χ4n) is 4.63. The van der Waals surface area contributed by atoms with Gasteiger partial charge in [-0.05, 0) is 57.3 Å². The van der Waals surface area contributed by atoms with Crippen LogP contribution in [0.3, 0.4) is 0 Å². The van der Waals surface area contributed by atoms with Crippen LogP contribution in [0.4, 0.5) is 0 Å². The van der Waals surface area contributed by atoms with E-state index in [1.807, 2.05) is 18.2 Å². The molecule has 0 unspecified atom stereocenters. The summed E-state index contributed by atoms with van der Waals surface area (Å²) in [5, 5.41) is 14.9. The Hall–Kier alpha value is -0.534. The molecule has 0 spiro atoms. The Balaban J connectivity index is 0.00000300. The number of rotatable bonds is 8. The van der Waals surface area contributed by atoms with E-state index in [-0.39, 0.29) is 69.4 Å². The van der Waals surface area contributed by atoms with Crippen molar-refractivity contribution in [2.24, 2.45) is 0 Å². The van der Waals surface area contributed by atoms with Gasteiger partial charge in [0.15, 0.2) is 0 Å². The van der Waals surface area contributed by atoms with Crippen molar-refractivity contribution in [2.45, 2.75) is 56.1 Å². The van der Waals surface area contributed by atoms with Gasteiger partial charge in [-0.1, -0.05) is 60.7 Å². The molecule has 0 amide bonds. The third-order valence-corrected chi connectivity index (χ3v) is 6.19. The molecule has 0 saturated heterocycles. The fraction of sp³-hybridized carbons (Fsp3) is 0.458. The standard InChI is InChI=1S/C24H32N2O2.K/c1-26(2)24(20-11-7-4-8-12-20)15-13-21(14-16-24)25-22(18-23(27)28)17-19-9-5-3-6-10-19;/h3-12,21-22,25H,13-18H2,1-2H3,(H,27,28);/q;+1/p-1/t21?,22-,24?;/m0./s1. The van der Waals surface area contributed by atoms with Gasteiger partial charge in [0.25, 0.3) is 0 Å². The van der Waals surface area contributed by atoms with Gasteiger partial charge in [0, 0.05) is 30.0 Å². The summed E-state index contributed by atoms with van der Waals surface area (Å²) in [7, 11) is 4.32. The molecule has 3 rings (SSSR count). The van der Waals surface area contributed by atoms with Crippen LogP contribution < -0.4 is 61.8 Å². The van der Waals surface area contributed by atoms with Gasteiger partial charge < -0.3 is 15.2 Å². The van der Waals surface area contributed by atoms with Crippen LogP contribution in [-0.4, -0.2) is 37.0 Å². The summed E-state index contributed by atoms with van der Waals surface area (Å²) in [4.78, 5) is 13.6. The summed E-state index contributed by atoms with van der Waals surface area (Å²) in [5.41, 5.74) is 2.58. The first kappa shape index (κ1) is 24.7. The van der Waals surface area contributed by atoms with Crippen molar-refractivity contribution >= 4 is 5.97 Å². The van der Waals surface area contributed by atoms with Crippen molar-refractivity contribution in [1.29, 1.82) is 0 Å². The van der Waals surface area contributed by atoms with E-state index in [9.17, 15) is 9.90 Å². The normalized spacial score (nSPS) is 22.7. The molecule has 2 aromatic carbocycles. The molecule has 1 aliphatic rings. The van der Waals surface area contributed by atoms with E-state index in [2.05, 4.69) is 66.8 Å². The molecule has 0 heterocycles. The van der Waals surface area contributed by atoms with Crippen LogP contribution in [0, 0.1) is 0 Å². The van der Waals surface area contributed by atoms with E-state index in [4.69, 9.17) is 0 Å². The van der Waals surface area contributed by atoms with Crippen molar-refractivity contribution in [3.05, 3.63) is 71.8 Å². The second-order valence-electron chi connectivity index (χ2n) is 8.20. The number of nitrogens with zero attached hydrogens (tertiary/aromatic N) is 1. The molecule has 0 aliphatic heterocycles. The molecule has 150 valence electrons. The topological polar surface area (TPSA) is 55.4 Å². The summed E-state index contributed by atoms with van der Waals surface area (Å²) in [5.74, 6) is -0.990. The largest absolute Gasteiger partial charge is 1.00 e. The van der Waals surface area contributed by atoms with E-state index < -0.39 is 5.97 Å². The van der Waals surface area contributed by atoms with Crippen molar-refractivity contribution in [3.63, 3.8) is 0 Å². The minimum Gasteiger partial charge on any atom is -0.550 e. The van der Waals surface area contributed by atoms with Gasteiger partial charge in [-0.25, -0.2) is 0 Å². The number of carbonyl (C=O) groups is 1. The molecule has 29 heavy (non-hydrogen) atoms. The van der Waals surface area contributed by atoms with Crippen LogP contribution in [0.2, 0.25) is 0 Å². The summed E-state index contributed by atoms with van der Waals surface area (Å²) < 4.78 is 0. The first-order valence-electron chi connectivity index (χ1n) is 10.2. The minimum absolute atomic E-state index is 0. The second kappa shape index (κ2) is 11.7. The predicted octanol–water partition coefficient (Wildman–Crippen LogP) is -0.269. The van der Waals surface area contributed by atoms with E-state index in [1.54, 1.807) is 0 Å². The number of hydrogen-bond donors (Lipinski definition) is 1. The number of benzene rings is 2. The summed E-state index contributed by atoms with van der Waals surface area (Å²) in [6, 6.07) is 21.1. The van der Waals surface area contributed by atoms with E-state index in [1.165, 1.54) is 5.56 Å². The van der Waals surface area contributed by atoms with E-state index in [0.717, 1.165) is 31.2 Å². The predicted molar refractivity (Wildman–Crippen MR) is 111 cm³/mol. The van der Waals surface area contributed by atoms with Crippen LogP contribution in [0.25, 0.3) is 0 Å².